The van der Waals surface area contributed by atoms with Crippen LogP contribution in [0.25, 0.3) is 0 Å². The van der Waals surface area contributed by atoms with Gasteiger partial charge in [-0.3, -0.25) is 4.90 Å². The predicted molar refractivity (Wildman–Crippen MR) is 103 cm³/mol. The number of imidazole rings is 1. The maximum absolute atomic E-state index is 5.98. The first kappa shape index (κ1) is 17.6. The Morgan fingerprint density at radius 3 is 3.04 bits per heavy atom. The summed E-state index contributed by atoms with van der Waals surface area (Å²) in [6, 6.07) is 9.37. The van der Waals surface area contributed by atoms with Crippen molar-refractivity contribution in [3.05, 3.63) is 48.5 Å². The van der Waals surface area contributed by atoms with Gasteiger partial charge in [0.15, 0.2) is 0 Å². The van der Waals surface area contributed by atoms with Gasteiger partial charge in [0.2, 0.25) is 0 Å². The molecule has 1 aromatic heterocycles. The van der Waals surface area contributed by atoms with Gasteiger partial charge in [-0.15, -0.1) is 0 Å². The molecule has 4 heterocycles. The van der Waals surface area contributed by atoms with Crippen molar-refractivity contribution in [2.24, 2.45) is 5.92 Å². The molecule has 2 atom stereocenters. The molecule has 0 saturated carbocycles. The van der Waals surface area contributed by atoms with Crippen molar-refractivity contribution in [3.63, 3.8) is 0 Å². The normalized spacial score (nSPS) is 23.9. The molecule has 0 amide bonds. The third-order valence-corrected chi connectivity index (χ3v) is 5.68. The molecule has 26 heavy (non-hydrogen) atoms. The smallest absolute Gasteiger partial charge is 0.119 e. The van der Waals surface area contributed by atoms with Crippen LogP contribution in [0.15, 0.2) is 43.0 Å². The first-order chi connectivity index (χ1) is 12.8. The van der Waals surface area contributed by atoms with Gasteiger partial charge >= 0.3 is 0 Å². The minimum Gasteiger partial charge on any atom is -0.494 e. The number of ether oxygens (including phenoxy) is 1. The van der Waals surface area contributed by atoms with Crippen LogP contribution in [0, 0.1) is 5.92 Å². The Hall–Kier alpha value is -1.85. The SMILES string of the molecule is CN1C[C@H]2CC[C@@H](C1)N(Cc1cccc(OCCCn3ccnc3)c1)C2. The molecular weight excluding hydrogens is 324 g/mol. The minimum absolute atomic E-state index is 0.707. The maximum atomic E-state index is 5.98. The zero-order valence-corrected chi connectivity index (χ0v) is 15.8. The molecule has 3 aliphatic heterocycles. The van der Waals surface area contributed by atoms with Crippen molar-refractivity contribution in [3.8, 4) is 5.75 Å². The largest absolute Gasteiger partial charge is 0.494 e. The Labute approximate surface area is 156 Å². The molecule has 3 aliphatic rings. The summed E-state index contributed by atoms with van der Waals surface area (Å²) in [5.74, 6) is 1.83. The van der Waals surface area contributed by atoms with Gasteiger partial charge in [-0.05, 0) is 49.9 Å². The second kappa shape index (κ2) is 8.23. The van der Waals surface area contributed by atoms with E-state index in [0.717, 1.165) is 37.8 Å². The molecule has 3 fully saturated rings. The van der Waals surface area contributed by atoms with E-state index in [0.29, 0.717) is 6.04 Å². The van der Waals surface area contributed by atoms with E-state index in [2.05, 4.69) is 50.7 Å². The van der Waals surface area contributed by atoms with Gasteiger partial charge in [0.05, 0.1) is 12.9 Å². The summed E-state index contributed by atoms with van der Waals surface area (Å²) in [6.07, 6.45) is 9.39. The van der Waals surface area contributed by atoms with Crippen molar-refractivity contribution in [2.45, 2.75) is 38.4 Å². The number of fused-ring (bicyclic) bond motifs is 4. The highest BCUT2D eigenvalue weighted by molar-refractivity contribution is 5.28. The Morgan fingerprint density at radius 1 is 1.19 bits per heavy atom. The number of hydrogen-bond donors (Lipinski definition) is 0. The zero-order valence-electron chi connectivity index (χ0n) is 15.8. The highest BCUT2D eigenvalue weighted by Gasteiger charge is 2.33. The van der Waals surface area contributed by atoms with E-state index in [1.807, 2.05) is 18.7 Å². The predicted octanol–water partition coefficient (Wildman–Crippen LogP) is 2.88. The Balaban J connectivity index is 1.30. The molecule has 140 valence electrons. The van der Waals surface area contributed by atoms with Crippen LogP contribution >= 0.6 is 0 Å². The van der Waals surface area contributed by atoms with Gasteiger partial charge in [-0.25, -0.2) is 4.98 Å². The molecule has 2 aromatic rings. The lowest BCUT2D eigenvalue weighted by atomic mass is 9.94. The second-order valence-electron chi connectivity index (χ2n) is 7.90. The molecule has 0 radical (unpaired) electrons. The van der Waals surface area contributed by atoms with E-state index in [1.165, 1.54) is 38.0 Å². The van der Waals surface area contributed by atoms with Gasteiger partial charge in [0, 0.05) is 51.2 Å². The summed E-state index contributed by atoms with van der Waals surface area (Å²) >= 11 is 0. The van der Waals surface area contributed by atoms with Gasteiger partial charge in [0.25, 0.3) is 0 Å². The van der Waals surface area contributed by atoms with Gasteiger partial charge < -0.3 is 14.2 Å². The van der Waals surface area contributed by atoms with Crippen LogP contribution in [0.2, 0.25) is 0 Å². The highest BCUT2D eigenvalue weighted by Crippen LogP contribution is 2.29. The van der Waals surface area contributed by atoms with Crippen LogP contribution in [0.3, 0.4) is 0 Å². The van der Waals surface area contributed by atoms with E-state index in [9.17, 15) is 0 Å². The van der Waals surface area contributed by atoms with Gasteiger partial charge in [-0.2, -0.15) is 0 Å². The van der Waals surface area contributed by atoms with E-state index < -0.39 is 0 Å². The third-order valence-electron chi connectivity index (χ3n) is 5.68. The number of aromatic nitrogens is 2. The molecule has 0 aliphatic carbocycles. The fraction of sp³-hybridized carbons (Fsp3) is 0.571. The molecule has 3 saturated heterocycles. The Kier molecular flexibility index (Phi) is 5.56. The van der Waals surface area contributed by atoms with Crippen molar-refractivity contribution in [1.82, 2.24) is 19.4 Å². The van der Waals surface area contributed by atoms with Crippen molar-refractivity contribution < 1.29 is 4.74 Å². The molecule has 0 unspecified atom stereocenters. The van der Waals surface area contributed by atoms with E-state index in [1.54, 1.807) is 0 Å². The van der Waals surface area contributed by atoms with Crippen molar-refractivity contribution in [2.75, 3.05) is 33.3 Å². The van der Waals surface area contributed by atoms with Crippen molar-refractivity contribution >= 4 is 0 Å². The van der Waals surface area contributed by atoms with Crippen LogP contribution in [-0.4, -0.2) is 58.7 Å². The van der Waals surface area contributed by atoms with E-state index >= 15 is 0 Å². The Morgan fingerprint density at radius 2 is 2.15 bits per heavy atom. The van der Waals surface area contributed by atoms with Gasteiger partial charge in [0.1, 0.15) is 5.75 Å². The van der Waals surface area contributed by atoms with Crippen molar-refractivity contribution in [1.29, 1.82) is 0 Å². The summed E-state index contributed by atoms with van der Waals surface area (Å²) in [6.45, 7) is 6.44. The number of aryl methyl sites for hydroxylation is 1. The average molecular weight is 354 g/mol. The van der Waals surface area contributed by atoms with Crippen LogP contribution in [-0.2, 0) is 13.1 Å². The second-order valence-corrected chi connectivity index (χ2v) is 7.90. The fourth-order valence-electron chi connectivity index (χ4n) is 4.43. The Bertz CT molecular complexity index is 687. The van der Waals surface area contributed by atoms with Crippen LogP contribution < -0.4 is 4.74 Å². The molecule has 0 spiro atoms. The minimum atomic E-state index is 0.707. The van der Waals surface area contributed by atoms with Crippen LogP contribution in [0.1, 0.15) is 24.8 Å². The molecule has 5 rings (SSSR count). The fourth-order valence-corrected chi connectivity index (χ4v) is 4.43. The number of benzene rings is 1. The summed E-state index contributed by atoms with van der Waals surface area (Å²) in [7, 11) is 2.27. The average Bonchev–Trinajstić information content (AvgIpc) is 3.02. The zero-order chi connectivity index (χ0) is 17.8. The lowest BCUT2D eigenvalue weighted by molar-refractivity contribution is 0.124. The number of likely N-dealkylation sites (N-methyl/N-ethyl adjacent to an activating group) is 1. The lowest BCUT2D eigenvalue weighted by Gasteiger charge is -2.36. The first-order valence-electron chi connectivity index (χ1n) is 9.86. The maximum Gasteiger partial charge on any atom is 0.119 e. The third kappa shape index (κ3) is 4.46. The number of rotatable bonds is 7. The summed E-state index contributed by atoms with van der Waals surface area (Å²) in [5, 5.41) is 0. The van der Waals surface area contributed by atoms with Gasteiger partial charge in [-0.1, -0.05) is 12.1 Å². The molecule has 5 nitrogen and oxygen atoms in total. The van der Waals surface area contributed by atoms with Crippen LogP contribution in [0.5, 0.6) is 5.75 Å². The molecule has 1 aromatic carbocycles. The van der Waals surface area contributed by atoms with Crippen LogP contribution in [0.4, 0.5) is 0 Å². The van der Waals surface area contributed by atoms with E-state index in [-0.39, 0.29) is 0 Å². The first-order valence-corrected chi connectivity index (χ1v) is 9.86. The van der Waals surface area contributed by atoms with E-state index in [4.69, 9.17) is 4.74 Å². The topological polar surface area (TPSA) is 33.5 Å². The number of piperidine rings is 1. The monoisotopic (exact) mass is 354 g/mol. The lowest BCUT2D eigenvalue weighted by Crippen LogP contribution is -2.43. The standard InChI is InChI=1S/C21H30N4O/c1-23-13-19-6-7-20(16-23)25(15-19)14-18-4-2-5-21(12-18)26-11-3-9-24-10-8-22-17-24/h2,4-5,8,10,12,17,19-20H,3,6-7,9,11,13-16H2,1H3/t19-,20+/m1/s1. The summed E-state index contributed by atoms with van der Waals surface area (Å²) in [5.41, 5.74) is 1.37. The summed E-state index contributed by atoms with van der Waals surface area (Å²) < 4.78 is 8.07. The summed E-state index contributed by atoms with van der Waals surface area (Å²) in [4.78, 5) is 9.27. The number of nitrogens with zero attached hydrogens (tertiary/aromatic N) is 4. The molecule has 5 heteroatoms. The quantitative estimate of drug-likeness (QED) is 0.716. The highest BCUT2D eigenvalue weighted by atomic mass is 16.5. The molecule has 2 bridgehead atoms. The molecule has 0 N–H and O–H groups in total. The number of hydrogen-bond acceptors (Lipinski definition) is 4. The molecular formula is C21H30N4O.